The number of benzene rings is 1. The SMILES string of the molecule is O=C(CF)Nc1ccccc1[N+](=O)[O-]. The van der Waals surface area contributed by atoms with E-state index in [2.05, 4.69) is 5.32 Å². The Bertz CT molecular complexity index is 367. The standard InChI is InChI=1S/C8H7FN2O3/c9-5-8(12)10-6-3-1-2-4-7(6)11(13)14/h1-4H,5H2,(H,10,12). The zero-order chi connectivity index (χ0) is 10.6. The number of para-hydroxylation sites is 2. The van der Waals surface area contributed by atoms with Gasteiger partial charge < -0.3 is 5.32 Å². The highest BCUT2D eigenvalue weighted by molar-refractivity contribution is 5.93. The lowest BCUT2D eigenvalue weighted by Crippen LogP contribution is -2.14. The molecule has 0 fully saturated rings. The summed E-state index contributed by atoms with van der Waals surface area (Å²) in [4.78, 5) is 20.5. The van der Waals surface area contributed by atoms with Crippen LogP contribution in [0.4, 0.5) is 15.8 Å². The molecule has 1 amide bonds. The highest BCUT2D eigenvalue weighted by Gasteiger charge is 2.13. The summed E-state index contributed by atoms with van der Waals surface area (Å²) in [5.74, 6) is -0.903. The van der Waals surface area contributed by atoms with Gasteiger partial charge in [0.2, 0.25) is 0 Å². The van der Waals surface area contributed by atoms with Crippen LogP contribution >= 0.6 is 0 Å². The summed E-state index contributed by atoms with van der Waals surface area (Å²) in [6, 6.07) is 5.55. The number of hydrogen-bond acceptors (Lipinski definition) is 3. The van der Waals surface area contributed by atoms with E-state index >= 15 is 0 Å². The first kappa shape index (κ1) is 10.1. The van der Waals surface area contributed by atoms with E-state index in [4.69, 9.17) is 0 Å². The lowest BCUT2D eigenvalue weighted by atomic mass is 10.2. The minimum absolute atomic E-state index is 0.000139. The third kappa shape index (κ3) is 2.25. The molecule has 0 atom stereocenters. The highest BCUT2D eigenvalue weighted by atomic mass is 19.1. The molecule has 1 aromatic rings. The van der Waals surface area contributed by atoms with Crippen LogP contribution in [0.2, 0.25) is 0 Å². The summed E-state index contributed by atoms with van der Waals surface area (Å²) in [6.07, 6.45) is 0. The van der Waals surface area contributed by atoms with Crippen LogP contribution in [-0.2, 0) is 4.79 Å². The molecule has 0 aliphatic heterocycles. The summed E-state index contributed by atoms with van der Waals surface area (Å²) in [5, 5.41) is 12.5. The molecule has 1 N–H and O–H groups in total. The molecule has 0 saturated carbocycles. The molecule has 0 unspecified atom stereocenters. The minimum atomic E-state index is -1.20. The molecular weight excluding hydrogens is 191 g/mol. The van der Waals surface area contributed by atoms with Gasteiger partial charge in [0.25, 0.3) is 11.6 Å². The monoisotopic (exact) mass is 198 g/mol. The van der Waals surface area contributed by atoms with Gasteiger partial charge in [0.15, 0.2) is 6.67 Å². The fourth-order valence-corrected chi connectivity index (χ4v) is 0.922. The molecule has 1 aromatic carbocycles. The normalized spacial score (nSPS) is 9.50. The molecule has 0 spiro atoms. The lowest BCUT2D eigenvalue weighted by molar-refractivity contribution is -0.383. The van der Waals surface area contributed by atoms with Crippen LogP contribution in [0.5, 0.6) is 0 Å². The maximum absolute atomic E-state index is 11.8. The number of nitro benzene ring substituents is 1. The number of nitrogens with zero attached hydrogens (tertiary/aromatic N) is 1. The van der Waals surface area contributed by atoms with Gasteiger partial charge in [0, 0.05) is 6.07 Å². The van der Waals surface area contributed by atoms with Crippen molar-refractivity contribution in [3.05, 3.63) is 34.4 Å². The Morgan fingerprint density at radius 3 is 2.71 bits per heavy atom. The van der Waals surface area contributed by atoms with E-state index in [9.17, 15) is 19.3 Å². The molecule has 1 rings (SSSR count). The number of carbonyl (C=O) groups excluding carboxylic acids is 1. The largest absolute Gasteiger partial charge is 0.318 e. The lowest BCUT2D eigenvalue weighted by Gasteiger charge is -2.02. The van der Waals surface area contributed by atoms with Crippen molar-refractivity contribution in [2.75, 3.05) is 12.0 Å². The van der Waals surface area contributed by atoms with Crippen molar-refractivity contribution in [1.82, 2.24) is 0 Å². The van der Waals surface area contributed by atoms with Crippen molar-refractivity contribution in [2.24, 2.45) is 0 Å². The first-order chi connectivity index (χ1) is 6.65. The summed E-state index contributed by atoms with van der Waals surface area (Å²) in [6.45, 7) is -1.20. The third-order valence-electron chi connectivity index (χ3n) is 1.50. The molecule has 0 aliphatic rings. The molecule has 74 valence electrons. The molecule has 0 radical (unpaired) electrons. The van der Waals surface area contributed by atoms with Gasteiger partial charge in [-0.25, -0.2) is 4.39 Å². The number of anilines is 1. The second-order valence-electron chi connectivity index (χ2n) is 2.46. The van der Waals surface area contributed by atoms with Crippen LogP contribution in [0.3, 0.4) is 0 Å². The Morgan fingerprint density at radius 2 is 2.14 bits per heavy atom. The molecule has 0 bridgehead atoms. The van der Waals surface area contributed by atoms with Gasteiger partial charge in [-0.3, -0.25) is 14.9 Å². The Hall–Kier alpha value is -1.98. The molecular formula is C8H7FN2O3. The summed E-state index contributed by atoms with van der Waals surface area (Å²) in [5.41, 5.74) is -0.255. The zero-order valence-corrected chi connectivity index (χ0v) is 7.07. The Labute approximate surface area is 78.7 Å². The molecule has 6 heteroatoms. The molecule has 0 heterocycles. The molecule has 0 aromatic heterocycles. The first-order valence-electron chi connectivity index (χ1n) is 3.74. The third-order valence-corrected chi connectivity index (χ3v) is 1.50. The van der Waals surface area contributed by atoms with E-state index in [0.29, 0.717) is 0 Å². The van der Waals surface area contributed by atoms with Gasteiger partial charge in [0.1, 0.15) is 5.69 Å². The van der Waals surface area contributed by atoms with Crippen LogP contribution in [0, 0.1) is 10.1 Å². The summed E-state index contributed by atoms with van der Waals surface area (Å²) in [7, 11) is 0. The number of hydrogen-bond donors (Lipinski definition) is 1. The van der Waals surface area contributed by atoms with Gasteiger partial charge in [-0.2, -0.15) is 0 Å². The Kier molecular flexibility index (Phi) is 3.11. The van der Waals surface area contributed by atoms with Crippen molar-refractivity contribution < 1.29 is 14.1 Å². The van der Waals surface area contributed by atoms with Gasteiger partial charge in [0.05, 0.1) is 4.92 Å². The number of nitrogens with one attached hydrogen (secondary N) is 1. The van der Waals surface area contributed by atoms with E-state index in [-0.39, 0.29) is 11.4 Å². The summed E-state index contributed by atoms with van der Waals surface area (Å²) < 4.78 is 11.8. The quantitative estimate of drug-likeness (QED) is 0.590. The number of alkyl halides is 1. The minimum Gasteiger partial charge on any atom is -0.318 e. The average Bonchev–Trinajstić information content (AvgIpc) is 2.18. The fraction of sp³-hybridized carbons (Fsp3) is 0.125. The zero-order valence-electron chi connectivity index (χ0n) is 7.07. The number of rotatable bonds is 3. The fourth-order valence-electron chi connectivity index (χ4n) is 0.922. The second-order valence-corrected chi connectivity index (χ2v) is 2.46. The smallest absolute Gasteiger partial charge is 0.292 e. The van der Waals surface area contributed by atoms with E-state index in [1.807, 2.05) is 0 Å². The van der Waals surface area contributed by atoms with Gasteiger partial charge >= 0.3 is 0 Å². The van der Waals surface area contributed by atoms with E-state index in [1.165, 1.54) is 24.3 Å². The van der Waals surface area contributed by atoms with Gasteiger partial charge in [-0.1, -0.05) is 12.1 Å². The predicted octanol–water partition coefficient (Wildman–Crippen LogP) is 1.50. The van der Waals surface area contributed by atoms with Crippen molar-refractivity contribution in [3.8, 4) is 0 Å². The average molecular weight is 198 g/mol. The number of halogens is 1. The van der Waals surface area contributed by atoms with Crippen LogP contribution in [0.25, 0.3) is 0 Å². The molecule has 0 saturated heterocycles. The van der Waals surface area contributed by atoms with Gasteiger partial charge in [-0.05, 0) is 6.07 Å². The van der Waals surface area contributed by atoms with Crippen molar-refractivity contribution in [1.29, 1.82) is 0 Å². The van der Waals surface area contributed by atoms with Crippen LogP contribution < -0.4 is 5.32 Å². The van der Waals surface area contributed by atoms with Crippen LogP contribution in [0.1, 0.15) is 0 Å². The maximum atomic E-state index is 11.8. The molecule has 5 nitrogen and oxygen atoms in total. The number of nitro groups is 1. The van der Waals surface area contributed by atoms with Crippen molar-refractivity contribution in [3.63, 3.8) is 0 Å². The number of carbonyl (C=O) groups is 1. The predicted molar refractivity (Wildman–Crippen MR) is 47.7 cm³/mol. The van der Waals surface area contributed by atoms with E-state index < -0.39 is 17.5 Å². The van der Waals surface area contributed by atoms with E-state index in [1.54, 1.807) is 0 Å². The van der Waals surface area contributed by atoms with Crippen molar-refractivity contribution in [2.45, 2.75) is 0 Å². The Balaban J connectivity index is 2.95. The maximum Gasteiger partial charge on any atom is 0.292 e. The highest BCUT2D eigenvalue weighted by Crippen LogP contribution is 2.22. The van der Waals surface area contributed by atoms with Gasteiger partial charge in [-0.15, -0.1) is 0 Å². The van der Waals surface area contributed by atoms with Crippen LogP contribution in [0.15, 0.2) is 24.3 Å². The van der Waals surface area contributed by atoms with Crippen LogP contribution in [-0.4, -0.2) is 17.5 Å². The second kappa shape index (κ2) is 4.31. The molecule has 14 heavy (non-hydrogen) atoms. The molecule has 0 aliphatic carbocycles. The van der Waals surface area contributed by atoms with E-state index in [0.717, 1.165) is 0 Å². The Morgan fingerprint density at radius 1 is 1.50 bits per heavy atom. The number of amides is 1. The topological polar surface area (TPSA) is 72.2 Å². The first-order valence-corrected chi connectivity index (χ1v) is 3.74. The van der Waals surface area contributed by atoms with Crippen molar-refractivity contribution >= 4 is 17.3 Å². The summed E-state index contributed by atoms with van der Waals surface area (Å²) >= 11 is 0.